The monoisotopic (exact) mass is 562 g/mol. The van der Waals surface area contributed by atoms with Crippen molar-refractivity contribution in [3.63, 3.8) is 0 Å². The lowest BCUT2D eigenvalue weighted by molar-refractivity contribution is -0.0258. The molecule has 12 nitrogen and oxygen atoms in total. The quantitative estimate of drug-likeness (QED) is 0.102. The summed E-state index contributed by atoms with van der Waals surface area (Å²) >= 11 is 0. The van der Waals surface area contributed by atoms with E-state index in [1.165, 1.54) is 0 Å². The number of carbonyl (C=O) groups is 1. The number of rotatable bonds is 31. The third-order valence-corrected chi connectivity index (χ3v) is 4.72. The molecule has 0 aliphatic rings. The first-order chi connectivity index (χ1) is 19.4. The van der Waals surface area contributed by atoms with Crippen molar-refractivity contribution in [2.24, 2.45) is 0 Å². The Morgan fingerprint density at radius 3 is 1.00 bits per heavy atom. The Morgan fingerprint density at radius 1 is 0.436 bits per heavy atom. The summed E-state index contributed by atoms with van der Waals surface area (Å²) in [5.41, 5.74) is 0.618. The largest absolute Gasteiger partial charge is 0.491 e. The second-order valence-corrected chi connectivity index (χ2v) is 7.77. The van der Waals surface area contributed by atoms with E-state index in [0.29, 0.717) is 137 Å². The van der Waals surface area contributed by atoms with Crippen LogP contribution in [0.1, 0.15) is 10.4 Å². The zero-order valence-electron chi connectivity index (χ0n) is 23.0. The molecule has 0 radical (unpaired) electrons. The number of aliphatic hydroxyl groups excluding tert-OH is 1. The molecule has 12 heteroatoms. The number of aldehydes is 1. The van der Waals surface area contributed by atoms with Crippen molar-refractivity contribution in [2.75, 3.05) is 132 Å². The number of aliphatic hydroxyl groups is 1. The van der Waals surface area contributed by atoms with Gasteiger partial charge in [-0.2, -0.15) is 0 Å². The van der Waals surface area contributed by atoms with Crippen LogP contribution in [0, 0.1) is 0 Å². The summed E-state index contributed by atoms with van der Waals surface area (Å²) in [4.78, 5) is 10.6. The lowest BCUT2D eigenvalue weighted by Gasteiger charge is -2.09. The molecule has 39 heavy (non-hydrogen) atoms. The lowest BCUT2D eigenvalue weighted by atomic mass is 10.2. The van der Waals surface area contributed by atoms with E-state index in [-0.39, 0.29) is 6.61 Å². The molecular weight excluding hydrogens is 516 g/mol. The van der Waals surface area contributed by atoms with Gasteiger partial charge < -0.3 is 52.5 Å². The molecule has 0 heterocycles. The molecule has 1 N–H and O–H groups in total. The van der Waals surface area contributed by atoms with Gasteiger partial charge in [-0.15, -0.1) is 0 Å². The smallest absolute Gasteiger partial charge is 0.150 e. The highest BCUT2D eigenvalue weighted by Crippen LogP contribution is 2.10. The van der Waals surface area contributed by atoms with Crippen LogP contribution in [-0.4, -0.2) is 144 Å². The normalized spacial score (nSPS) is 11.2. The Balaban J connectivity index is 1.66. The molecule has 0 atom stereocenters. The summed E-state index contributed by atoms with van der Waals surface area (Å²) in [6.45, 7) is 9.16. The van der Waals surface area contributed by atoms with Gasteiger partial charge in [0.15, 0.2) is 0 Å². The van der Waals surface area contributed by atoms with Crippen LogP contribution in [0.2, 0.25) is 0 Å². The zero-order chi connectivity index (χ0) is 27.9. The summed E-state index contributed by atoms with van der Waals surface area (Å²) in [5.74, 6) is 0.703. The van der Waals surface area contributed by atoms with Gasteiger partial charge in [0.25, 0.3) is 0 Å². The molecule has 0 saturated carbocycles. The van der Waals surface area contributed by atoms with Gasteiger partial charge in [0.1, 0.15) is 18.6 Å². The Bertz CT molecular complexity index is 632. The fourth-order valence-corrected chi connectivity index (χ4v) is 2.79. The maximum absolute atomic E-state index is 10.6. The first kappa shape index (κ1) is 35.3. The number of hydrogen-bond acceptors (Lipinski definition) is 12. The molecule has 226 valence electrons. The highest BCUT2D eigenvalue weighted by atomic mass is 16.6. The number of carbonyl (C=O) groups excluding carboxylic acids is 1. The molecule has 1 rings (SSSR count). The number of benzene rings is 1. The standard InChI is InChI=1S/C27H46O12/c28-5-6-30-7-8-31-9-10-32-11-12-33-13-14-34-15-16-35-17-18-36-19-20-37-21-22-38-23-24-39-27-3-1-26(25-29)2-4-27/h1-4,25,28H,5-24H2. The van der Waals surface area contributed by atoms with E-state index in [9.17, 15) is 4.79 Å². The molecule has 0 amide bonds. The summed E-state index contributed by atoms with van der Waals surface area (Å²) in [6.07, 6.45) is 0.796. The van der Waals surface area contributed by atoms with Crippen LogP contribution >= 0.6 is 0 Å². The van der Waals surface area contributed by atoms with Gasteiger partial charge in [0, 0.05) is 5.56 Å². The van der Waals surface area contributed by atoms with Crippen LogP contribution in [-0.2, 0) is 42.6 Å². The van der Waals surface area contributed by atoms with Crippen molar-refractivity contribution in [3.05, 3.63) is 29.8 Å². The highest BCUT2D eigenvalue weighted by molar-refractivity contribution is 5.74. The summed E-state index contributed by atoms with van der Waals surface area (Å²) in [6, 6.07) is 6.93. The minimum absolute atomic E-state index is 0.0237. The van der Waals surface area contributed by atoms with Crippen molar-refractivity contribution in [2.45, 2.75) is 0 Å². The molecule has 0 aliphatic heterocycles. The van der Waals surface area contributed by atoms with Gasteiger partial charge in [0.05, 0.1) is 126 Å². The molecular formula is C27H46O12. The van der Waals surface area contributed by atoms with Gasteiger partial charge in [-0.1, -0.05) is 0 Å². The predicted molar refractivity (Wildman–Crippen MR) is 142 cm³/mol. The summed E-state index contributed by atoms with van der Waals surface area (Å²) in [5, 5.41) is 8.56. The maximum Gasteiger partial charge on any atom is 0.150 e. The molecule has 0 aliphatic carbocycles. The Labute approximate surface area is 231 Å². The minimum atomic E-state index is 0.0237. The van der Waals surface area contributed by atoms with Crippen LogP contribution in [0.3, 0.4) is 0 Å². The third kappa shape index (κ3) is 25.0. The van der Waals surface area contributed by atoms with Crippen LogP contribution in [0.25, 0.3) is 0 Å². The van der Waals surface area contributed by atoms with Crippen molar-refractivity contribution in [1.29, 1.82) is 0 Å². The van der Waals surface area contributed by atoms with Crippen molar-refractivity contribution >= 4 is 6.29 Å². The van der Waals surface area contributed by atoms with Gasteiger partial charge in [-0.3, -0.25) is 4.79 Å². The van der Waals surface area contributed by atoms with Gasteiger partial charge in [-0.25, -0.2) is 0 Å². The average molecular weight is 563 g/mol. The molecule has 1 aromatic rings. The van der Waals surface area contributed by atoms with Gasteiger partial charge >= 0.3 is 0 Å². The average Bonchev–Trinajstić information content (AvgIpc) is 2.96. The summed E-state index contributed by atoms with van der Waals surface area (Å²) < 4.78 is 54.0. The second kappa shape index (κ2) is 29.3. The fourth-order valence-electron chi connectivity index (χ4n) is 2.79. The molecule has 0 spiro atoms. The Kier molecular flexibility index (Phi) is 26.5. The number of hydrogen-bond donors (Lipinski definition) is 1. The van der Waals surface area contributed by atoms with Crippen molar-refractivity contribution in [3.8, 4) is 5.75 Å². The fraction of sp³-hybridized carbons (Fsp3) is 0.741. The topological polar surface area (TPSA) is 130 Å². The van der Waals surface area contributed by atoms with Crippen LogP contribution in [0.4, 0.5) is 0 Å². The zero-order valence-corrected chi connectivity index (χ0v) is 23.0. The molecule has 0 unspecified atom stereocenters. The minimum Gasteiger partial charge on any atom is -0.491 e. The van der Waals surface area contributed by atoms with Crippen molar-refractivity contribution < 1.29 is 57.3 Å². The van der Waals surface area contributed by atoms with E-state index in [2.05, 4.69) is 0 Å². The van der Waals surface area contributed by atoms with Crippen LogP contribution in [0.5, 0.6) is 5.75 Å². The van der Waals surface area contributed by atoms with Crippen LogP contribution < -0.4 is 4.74 Å². The van der Waals surface area contributed by atoms with E-state index in [0.717, 1.165) is 6.29 Å². The predicted octanol–water partition coefficient (Wildman–Crippen LogP) is 1.02. The van der Waals surface area contributed by atoms with E-state index in [1.54, 1.807) is 24.3 Å². The highest BCUT2D eigenvalue weighted by Gasteiger charge is 1.97. The van der Waals surface area contributed by atoms with E-state index >= 15 is 0 Å². The van der Waals surface area contributed by atoms with E-state index < -0.39 is 0 Å². The van der Waals surface area contributed by atoms with E-state index in [4.69, 9.17) is 52.5 Å². The Hall–Kier alpha value is -1.71. The van der Waals surface area contributed by atoms with E-state index in [1.807, 2.05) is 0 Å². The first-order valence-corrected chi connectivity index (χ1v) is 13.4. The molecule has 0 aromatic heterocycles. The lowest BCUT2D eigenvalue weighted by Crippen LogP contribution is -2.15. The van der Waals surface area contributed by atoms with Crippen LogP contribution in [0.15, 0.2) is 24.3 Å². The Morgan fingerprint density at radius 2 is 0.718 bits per heavy atom. The van der Waals surface area contributed by atoms with Gasteiger partial charge in [0.2, 0.25) is 0 Å². The molecule has 0 bridgehead atoms. The first-order valence-electron chi connectivity index (χ1n) is 13.4. The molecule has 0 fully saturated rings. The molecule has 1 aromatic carbocycles. The number of ether oxygens (including phenoxy) is 10. The van der Waals surface area contributed by atoms with Gasteiger partial charge in [-0.05, 0) is 24.3 Å². The second-order valence-electron chi connectivity index (χ2n) is 7.77. The van der Waals surface area contributed by atoms with Crippen molar-refractivity contribution in [1.82, 2.24) is 0 Å². The maximum atomic E-state index is 10.6. The summed E-state index contributed by atoms with van der Waals surface area (Å²) in [7, 11) is 0. The molecule has 0 saturated heterocycles. The SMILES string of the molecule is O=Cc1ccc(OCCOCCOCCOCCOCCOCCOCCOCCOCCOCCO)cc1. The third-order valence-electron chi connectivity index (χ3n) is 4.72.